The third-order valence-electron chi connectivity index (χ3n) is 10.6. The molecular weight excluding hydrogens is 773 g/mol. The summed E-state index contributed by atoms with van der Waals surface area (Å²) in [4.78, 5) is 25.3. The first-order valence-electron chi connectivity index (χ1n) is 24.0. The first kappa shape index (κ1) is 56.2. The van der Waals surface area contributed by atoms with Gasteiger partial charge in [0.1, 0.15) is 31.0 Å². The summed E-state index contributed by atoms with van der Waals surface area (Å²) >= 11 is 0. The second-order valence-corrected chi connectivity index (χ2v) is 16.2. The first-order chi connectivity index (χ1) is 29.8. The number of unbranched alkanes of at least 4 members (excludes halogenated alkanes) is 17. The lowest BCUT2D eigenvalue weighted by Gasteiger charge is -2.39. The maximum absolute atomic E-state index is 12.7. The van der Waals surface area contributed by atoms with E-state index in [0.29, 0.717) is 12.8 Å². The number of aliphatic hydroxyl groups excluding tert-OH is 4. The summed E-state index contributed by atoms with van der Waals surface area (Å²) in [6.45, 7) is 3.21. The number of rotatable bonds is 39. The van der Waals surface area contributed by atoms with Crippen LogP contribution in [0.2, 0.25) is 0 Å². The number of hydrogen-bond acceptors (Lipinski definition) is 10. The lowest BCUT2D eigenvalue weighted by atomic mass is 9.99. The van der Waals surface area contributed by atoms with Crippen LogP contribution >= 0.6 is 0 Å². The van der Waals surface area contributed by atoms with Crippen molar-refractivity contribution in [3.63, 3.8) is 0 Å². The SMILES string of the molecule is CC/C=C\C/C=C\C/C=C\C/C=C\C/C=C\CC(=O)OC(COC(=O)CCCCCCCCCCC/C=C\CCCCCCCCCC)COC1OC(CO)C(O)C(O)C1O. The van der Waals surface area contributed by atoms with E-state index in [1.54, 1.807) is 6.08 Å². The lowest BCUT2D eigenvalue weighted by molar-refractivity contribution is -0.305. The summed E-state index contributed by atoms with van der Waals surface area (Å²) in [5.74, 6) is -0.959. The molecule has 4 N–H and O–H groups in total. The molecule has 350 valence electrons. The smallest absolute Gasteiger partial charge is 0.310 e. The summed E-state index contributed by atoms with van der Waals surface area (Å²) in [5.41, 5.74) is 0. The van der Waals surface area contributed by atoms with Gasteiger partial charge in [0.05, 0.1) is 19.6 Å². The molecule has 1 rings (SSSR count). The molecular formula is C51H86O10. The van der Waals surface area contributed by atoms with Gasteiger partial charge in [-0.05, 0) is 64.2 Å². The molecule has 1 fully saturated rings. The largest absolute Gasteiger partial charge is 0.462 e. The van der Waals surface area contributed by atoms with Gasteiger partial charge < -0.3 is 39.4 Å². The van der Waals surface area contributed by atoms with Crippen LogP contribution in [0.5, 0.6) is 0 Å². The third kappa shape index (κ3) is 32.5. The van der Waals surface area contributed by atoms with Crippen molar-refractivity contribution in [3.8, 4) is 0 Å². The quantitative estimate of drug-likeness (QED) is 0.0267. The molecule has 1 aliphatic heterocycles. The maximum Gasteiger partial charge on any atom is 0.310 e. The van der Waals surface area contributed by atoms with Crippen LogP contribution in [0.3, 0.4) is 0 Å². The molecule has 0 aliphatic carbocycles. The summed E-state index contributed by atoms with van der Waals surface area (Å²) in [6, 6.07) is 0. The molecule has 1 saturated heterocycles. The van der Waals surface area contributed by atoms with E-state index in [4.69, 9.17) is 18.9 Å². The molecule has 10 nitrogen and oxygen atoms in total. The van der Waals surface area contributed by atoms with Crippen molar-refractivity contribution in [1.82, 2.24) is 0 Å². The van der Waals surface area contributed by atoms with Gasteiger partial charge in [-0.2, -0.15) is 0 Å². The highest BCUT2D eigenvalue weighted by molar-refractivity contribution is 5.71. The number of carbonyl (C=O) groups excluding carboxylic acids is 2. The van der Waals surface area contributed by atoms with E-state index in [2.05, 4.69) is 68.5 Å². The van der Waals surface area contributed by atoms with Gasteiger partial charge in [0.2, 0.25) is 0 Å². The highest BCUT2D eigenvalue weighted by atomic mass is 16.7. The zero-order valence-corrected chi connectivity index (χ0v) is 38.1. The molecule has 6 atom stereocenters. The molecule has 0 saturated carbocycles. The fourth-order valence-electron chi connectivity index (χ4n) is 6.85. The van der Waals surface area contributed by atoms with E-state index in [1.807, 2.05) is 12.2 Å². The van der Waals surface area contributed by atoms with Gasteiger partial charge in [0, 0.05) is 6.42 Å². The Morgan fingerprint density at radius 3 is 1.52 bits per heavy atom. The van der Waals surface area contributed by atoms with Crippen LogP contribution in [-0.2, 0) is 28.5 Å². The summed E-state index contributed by atoms with van der Waals surface area (Å²) in [5, 5.41) is 40.1. The van der Waals surface area contributed by atoms with Crippen LogP contribution in [0.1, 0.15) is 181 Å². The zero-order chi connectivity index (χ0) is 44.4. The van der Waals surface area contributed by atoms with Crippen LogP contribution in [0, 0.1) is 0 Å². The molecule has 0 aromatic carbocycles. The second kappa shape index (κ2) is 41.2. The minimum Gasteiger partial charge on any atom is -0.462 e. The van der Waals surface area contributed by atoms with Crippen molar-refractivity contribution < 1.29 is 49.0 Å². The van der Waals surface area contributed by atoms with Crippen LogP contribution in [0.15, 0.2) is 72.9 Å². The molecule has 0 radical (unpaired) electrons. The number of ether oxygens (including phenoxy) is 4. The molecule has 1 heterocycles. The van der Waals surface area contributed by atoms with Gasteiger partial charge in [-0.25, -0.2) is 0 Å². The van der Waals surface area contributed by atoms with Crippen molar-refractivity contribution in [2.75, 3.05) is 19.8 Å². The standard InChI is InChI=1S/C51H86O10/c1-3-5-7-9-11-13-15-17-19-20-21-22-23-24-26-27-29-31-33-35-37-39-46(53)58-42-44(43-59-51-50(57)49(56)48(55)45(41-52)61-51)60-47(54)40-38-36-34-32-30-28-25-18-16-14-12-10-8-6-4-2/h6,8,12,14,18,20-21,25,30,32,36,38,44-45,48-52,55-57H,3-5,7,9-11,13,15-17,19,22-24,26-29,31,33-35,37,39-43H2,1-2H3/b8-6-,14-12-,21-20-,25-18-,32-30-,38-36-. The van der Waals surface area contributed by atoms with E-state index in [9.17, 15) is 30.0 Å². The average Bonchev–Trinajstić information content (AvgIpc) is 3.26. The number of esters is 2. The van der Waals surface area contributed by atoms with Crippen LogP contribution in [-0.4, -0.2) is 89.0 Å². The van der Waals surface area contributed by atoms with Gasteiger partial charge in [-0.15, -0.1) is 0 Å². The van der Waals surface area contributed by atoms with E-state index < -0.39 is 55.4 Å². The average molecular weight is 859 g/mol. The Morgan fingerprint density at radius 2 is 1.02 bits per heavy atom. The molecule has 0 amide bonds. The molecule has 0 spiro atoms. The lowest BCUT2D eigenvalue weighted by Crippen LogP contribution is -2.59. The predicted molar refractivity (Wildman–Crippen MR) is 247 cm³/mol. The van der Waals surface area contributed by atoms with Gasteiger partial charge in [-0.3, -0.25) is 9.59 Å². The third-order valence-corrected chi connectivity index (χ3v) is 10.6. The molecule has 6 unspecified atom stereocenters. The van der Waals surface area contributed by atoms with Crippen molar-refractivity contribution >= 4 is 11.9 Å². The number of hydrogen-bond donors (Lipinski definition) is 4. The summed E-state index contributed by atoms with van der Waals surface area (Å²) < 4.78 is 22.1. The topological polar surface area (TPSA) is 152 Å². The summed E-state index contributed by atoms with van der Waals surface area (Å²) in [6.07, 6.45) is 45.1. The highest BCUT2D eigenvalue weighted by Crippen LogP contribution is 2.22. The molecule has 0 aromatic heterocycles. The zero-order valence-electron chi connectivity index (χ0n) is 38.1. The van der Waals surface area contributed by atoms with Gasteiger partial charge >= 0.3 is 11.9 Å². The van der Waals surface area contributed by atoms with E-state index in [0.717, 1.165) is 44.9 Å². The van der Waals surface area contributed by atoms with Crippen LogP contribution < -0.4 is 0 Å². The van der Waals surface area contributed by atoms with Crippen LogP contribution in [0.4, 0.5) is 0 Å². The molecule has 0 aromatic rings. The Morgan fingerprint density at radius 1 is 0.541 bits per heavy atom. The number of allylic oxidation sites excluding steroid dienone is 11. The molecule has 0 bridgehead atoms. The number of carbonyl (C=O) groups is 2. The molecule has 10 heteroatoms. The fraction of sp³-hybridized carbons (Fsp3) is 0.725. The van der Waals surface area contributed by atoms with Gasteiger partial charge in [-0.1, -0.05) is 177 Å². The Bertz CT molecular complexity index is 1220. The second-order valence-electron chi connectivity index (χ2n) is 16.2. The van der Waals surface area contributed by atoms with Crippen molar-refractivity contribution in [1.29, 1.82) is 0 Å². The highest BCUT2D eigenvalue weighted by Gasteiger charge is 2.44. The normalized spacial score (nSPS) is 20.4. The Kier molecular flexibility index (Phi) is 37.9. The first-order valence-corrected chi connectivity index (χ1v) is 24.0. The van der Waals surface area contributed by atoms with E-state index >= 15 is 0 Å². The van der Waals surface area contributed by atoms with Crippen LogP contribution in [0.25, 0.3) is 0 Å². The monoisotopic (exact) mass is 859 g/mol. The minimum absolute atomic E-state index is 0.00516. The van der Waals surface area contributed by atoms with Crippen molar-refractivity contribution in [2.45, 2.75) is 218 Å². The van der Waals surface area contributed by atoms with Gasteiger partial charge in [0.25, 0.3) is 0 Å². The fourth-order valence-corrected chi connectivity index (χ4v) is 6.85. The predicted octanol–water partition coefficient (Wildman–Crippen LogP) is 10.8. The maximum atomic E-state index is 12.7. The van der Waals surface area contributed by atoms with Gasteiger partial charge in [0.15, 0.2) is 12.4 Å². The van der Waals surface area contributed by atoms with E-state index in [1.165, 1.54) is 96.3 Å². The molecule has 1 aliphatic rings. The Balaban J connectivity index is 2.33. The van der Waals surface area contributed by atoms with Crippen molar-refractivity contribution in [3.05, 3.63) is 72.9 Å². The Hall–Kier alpha value is -2.86. The minimum atomic E-state index is -1.61. The number of aliphatic hydroxyl groups is 4. The Labute approximate surface area is 370 Å². The molecule has 61 heavy (non-hydrogen) atoms. The van der Waals surface area contributed by atoms with E-state index in [-0.39, 0.29) is 26.1 Å². The van der Waals surface area contributed by atoms with Crippen molar-refractivity contribution in [2.24, 2.45) is 0 Å². The summed E-state index contributed by atoms with van der Waals surface area (Å²) in [7, 11) is 0.